The highest BCUT2D eigenvalue weighted by Crippen LogP contribution is 2.43. The van der Waals surface area contributed by atoms with Crippen LogP contribution in [0.5, 0.6) is 0 Å². The molecule has 0 atom stereocenters. The van der Waals surface area contributed by atoms with Gasteiger partial charge in [-0.05, 0) is 111 Å². The fraction of sp³-hybridized carbons (Fsp3) is 0. The van der Waals surface area contributed by atoms with Gasteiger partial charge in [-0.3, -0.25) is 0 Å². The van der Waals surface area contributed by atoms with Crippen molar-refractivity contribution in [2.24, 2.45) is 0 Å². The molecular weight excluding hydrogens is 837 g/mol. The van der Waals surface area contributed by atoms with E-state index < -0.39 is 0 Å². The first-order chi connectivity index (χ1) is 34.2. The van der Waals surface area contributed by atoms with E-state index in [9.17, 15) is 0 Å². The van der Waals surface area contributed by atoms with E-state index in [2.05, 4.69) is 264 Å². The van der Waals surface area contributed by atoms with E-state index in [-0.39, 0.29) is 0 Å². The third kappa shape index (κ3) is 7.08. The number of aromatic nitrogens is 1. The Morgan fingerprint density at radius 1 is 0.275 bits per heavy atom. The second-order valence-corrected chi connectivity index (χ2v) is 17.6. The molecule has 0 aliphatic carbocycles. The molecule has 69 heavy (non-hydrogen) atoms. The average Bonchev–Trinajstić information content (AvgIpc) is 3.98. The van der Waals surface area contributed by atoms with Crippen LogP contribution in [0.1, 0.15) is 0 Å². The third-order valence-electron chi connectivity index (χ3n) is 13.6. The zero-order chi connectivity index (χ0) is 45.7. The molecule has 3 heteroatoms. The first-order valence-electron chi connectivity index (χ1n) is 23.6. The minimum Gasteiger partial charge on any atom is -0.455 e. The summed E-state index contributed by atoms with van der Waals surface area (Å²) in [6, 6.07) is 96.0. The Morgan fingerprint density at radius 3 is 1.46 bits per heavy atom. The predicted molar refractivity (Wildman–Crippen MR) is 290 cm³/mol. The van der Waals surface area contributed by atoms with Crippen LogP contribution in [0.2, 0.25) is 0 Å². The maximum Gasteiger partial charge on any atom is 0.143 e. The van der Waals surface area contributed by atoms with Gasteiger partial charge in [-0.15, -0.1) is 0 Å². The lowest BCUT2D eigenvalue weighted by Gasteiger charge is -2.26. The number of para-hydroxylation sites is 5. The number of furan rings is 1. The minimum absolute atomic E-state index is 0.893. The normalized spacial score (nSPS) is 11.5. The van der Waals surface area contributed by atoms with Crippen LogP contribution in [-0.2, 0) is 0 Å². The predicted octanol–water partition coefficient (Wildman–Crippen LogP) is 18.5. The highest BCUT2D eigenvalue weighted by atomic mass is 16.3. The fourth-order valence-corrected chi connectivity index (χ4v) is 10.4. The molecule has 0 aliphatic heterocycles. The Kier molecular flexibility index (Phi) is 9.84. The molecule has 0 bridgehead atoms. The van der Waals surface area contributed by atoms with Crippen LogP contribution >= 0.6 is 0 Å². The third-order valence-corrected chi connectivity index (χ3v) is 13.6. The second kappa shape index (κ2) is 16.9. The summed E-state index contributed by atoms with van der Waals surface area (Å²) >= 11 is 0. The van der Waals surface area contributed by atoms with Crippen molar-refractivity contribution < 1.29 is 4.42 Å². The van der Waals surface area contributed by atoms with Crippen molar-refractivity contribution in [3.63, 3.8) is 0 Å². The van der Waals surface area contributed by atoms with Gasteiger partial charge in [0.2, 0.25) is 0 Å². The van der Waals surface area contributed by atoms with E-state index in [1.54, 1.807) is 0 Å². The van der Waals surface area contributed by atoms with Gasteiger partial charge in [-0.1, -0.05) is 200 Å². The highest BCUT2D eigenvalue weighted by Gasteiger charge is 2.19. The molecule has 13 aromatic rings. The van der Waals surface area contributed by atoms with E-state index in [0.29, 0.717) is 0 Å². The van der Waals surface area contributed by atoms with Crippen LogP contribution in [0.4, 0.5) is 17.1 Å². The number of anilines is 3. The molecule has 0 fully saturated rings. The molecule has 324 valence electrons. The molecule has 2 aromatic heterocycles. The summed E-state index contributed by atoms with van der Waals surface area (Å²) in [6.07, 6.45) is 0. The number of fused-ring (bicyclic) bond motifs is 6. The quantitative estimate of drug-likeness (QED) is 0.144. The van der Waals surface area contributed by atoms with Crippen LogP contribution in [-0.4, -0.2) is 4.57 Å². The number of hydrogen-bond donors (Lipinski definition) is 0. The average molecular weight is 881 g/mol. The molecule has 0 aliphatic rings. The molecule has 0 radical (unpaired) electrons. The monoisotopic (exact) mass is 880 g/mol. The molecule has 11 aromatic carbocycles. The van der Waals surface area contributed by atoms with Crippen LogP contribution in [0.15, 0.2) is 271 Å². The molecule has 13 rings (SSSR count). The summed E-state index contributed by atoms with van der Waals surface area (Å²) in [6.45, 7) is 0. The van der Waals surface area contributed by atoms with E-state index in [1.165, 1.54) is 55.2 Å². The van der Waals surface area contributed by atoms with Gasteiger partial charge in [-0.2, -0.15) is 0 Å². The topological polar surface area (TPSA) is 21.3 Å². The Labute approximate surface area is 401 Å². The summed E-state index contributed by atoms with van der Waals surface area (Å²) in [5.41, 5.74) is 20.1. The lowest BCUT2D eigenvalue weighted by molar-refractivity contribution is 0.670. The first-order valence-corrected chi connectivity index (χ1v) is 23.6. The van der Waals surface area contributed by atoms with Crippen LogP contribution in [0, 0.1) is 0 Å². The number of nitrogens with zero attached hydrogens (tertiary/aromatic N) is 2. The first kappa shape index (κ1) is 40.1. The molecule has 0 N–H and O–H groups in total. The molecule has 0 saturated heterocycles. The van der Waals surface area contributed by atoms with Crippen LogP contribution in [0.25, 0.3) is 105 Å². The van der Waals surface area contributed by atoms with Gasteiger partial charge in [0.1, 0.15) is 11.2 Å². The van der Waals surface area contributed by atoms with Crippen molar-refractivity contribution in [2.45, 2.75) is 0 Å². The Bertz CT molecular complexity index is 3960. The lowest BCUT2D eigenvalue weighted by Crippen LogP contribution is -2.10. The van der Waals surface area contributed by atoms with Crippen molar-refractivity contribution in [2.75, 3.05) is 4.90 Å². The van der Waals surface area contributed by atoms with Crippen molar-refractivity contribution >= 4 is 60.8 Å². The summed E-state index contributed by atoms with van der Waals surface area (Å²) in [5.74, 6) is 0. The molecule has 0 unspecified atom stereocenters. The smallest absolute Gasteiger partial charge is 0.143 e. The zero-order valence-corrected chi connectivity index (χ0v) is 37.7. The number of rotatable bonds is 9. The molecular formula is C66H44N2O. The molecule has 0 spiro atoms. The van der Waals surface area contributed by atoms with Crippen molar-refractivity contribution in [3.05, 3.63) is 267 Å². The number of benzene rings is 11. The molecule has 2 heterocycles. The van der Waals surface area contributed by atoms with Gasteiger partial charge in [0.15, 0.2) is 0 Å². The van der Waals surface area contributed by atoms with Gasteiger partial charge in [-0.25, -0.2) is 0 Å². The minimum atomic E-state index is 0.893. The fourth-order valence-electron chi connectivity index (χ4n) is 10.4. The molecule has 3 nitrogen and oxygen atoms in total. The van der Waals surface area contributed by atoms with Gasteiger partial charge in [0.05, 0.1) is 16.7 Å². The SMILES string of the molecule is c1ccc(-c2ccccc2-c2ccc(N(c3ccc(-c4cccc(-c5ccccc5-n5c6ccccc6c6ccccc65)c4)cc3)c3cccc(-c4cccc5c4oc4ccccc45)c3)cc2)cc1. The van der Waals surface area contributed by atoms with Crippen molar-refractivity contribution in [1.29, 1.82) is 0 Å². The van der Waals surface area contributed by atoms with Crippen LogP contribution < -0.4 is 4.90 Å². The standard InChI is InChI=1S/C66H44N2O/c1-2-17-46(18-3-1)54-23-4-5-24-55(54)47-37-41-52(42-38-47)67(53-22-15-21-50(44-53)57-29-16-30-61-60-28-9-13-34-65(60)69-66(57)61)51-39-35-45(36-40-51)48-19-14-20-49(43-48)56-25-6-10-31-62(56)68-63-32-11-7-26-58(63)59-27-8-12-33-64(59)68/h1-44H. The van der Waals surface area contributed by atoms with Crippen molar-refractivity contribution in [1.82, 2.24) is 4.57 Å². The maximum atomic E-state index is 6.54. The van der Waals surface area contributed by atoms with E-state index in [0.717, 1.165) is 66.9 Å². The van der Waals surface area contributed by atoms with Gasteiger partial charge >= 0.3 is 0 Å². The molecule has 0 saturated carbocycles. The van der Waals surface area contributed by atoms with Gasteiger partial charge in [0.25, 0.3) is 0 Å². The Hall–Kier alpha value is -9.18. The lowest BCUT2D eigenvalue weighted by atomic mass is 9.94. The molecule has 0 amide bonds. The summed E-state index contributed by atoms with van der Waals surface area (Å²) in [4.78, 5) is 2.36. The Balaban J connectivity index is 0.897. The highest BCUT2D eigenvalue weighted by molar-refractivity contribution is 6.11. The van der Waals surface area contributed by atoms with Crippen LogP contribution in [0.3, 0.4) is 0 Å². The summed E-state index contributed by atoms with van der Waals surface area (Å²) < 4.78 is 8.95. The van der Waals surface area contributed by atoms with E-state index >= 15 is 0 Å². The Morgan fingerprint density at radius 2 is 0.754 bits per heavy atom. The van der Waals surface area contributed by atoms with E-state index in [4.69, 9.17) is 4.42 Å². The zero-order valence-electron chi connectivity index (χ0n) is 37.7. The van der Waals surface area contributed by atoms with E-state index in [1.807, 2.05) is 12.1 Å². The van der Waals surface area contributed by atoms with Gasteiger partial charge in [0, 0.05) is 49.7 Å². The number of hydrogen-bond acceptors (Lipinski definition) is 2. The summed E-state index contributed by atoms with van der Waals surface area (Å²) in [5, 5.41) is 4.75. The van der Waals surface area contributed by atoms with Crippen molar-refractivity contribution in [3.8, 4) is 61.3 Å². The maximum absolute atomic E-state index is 6.54. The second-order valence-electron chi connectivity index (χ2n) is 17.6. The largest absolute Gasteiger partial charge is 0.455 e. The van der Waals surface area contributed by atoms with Gasteiger partial charge < -0.3 is 13.9 Å². The summed E-state index contributed by atoms with van der Waals surface area (Å²) in [7, 11) is 0.